The molecule has 4 heterocycles. The Balaban J connectivity index is 1.13. The fraction of sp³-hybridized carbons (Fsp3) is 0.370. The van der Waals surface area contributed by atoms with Crippen LogP contribution in [0.3, 0.4) is 0 Å². The molecule has 2 N–H and O–H groups in total. The first-order valence-corrected chi connectivity index (χ1v) is 13.5. The van der Waals surface area contributed by atoms with Crippen LogP contribution in [-0.2, 0) is 16.1 Å². The molecule has 2 fully saturated rings. The number of rotatable bonds is 6. The number of anilines is 2. The zero-order chi connectivity index (χ0) is 26.4. The van der Waals surface area contributed by atoms with Crippen molar-refractivity contribution in [1.29, 1.82) is 0 Å². The van der Waals surface area contributed by atoms with Gasteiger partial charge in [0.25, 0.3) is 5.56 Å². The van der Waals surface area contributed by atoms with Gasteiger partial charge in [0, 0.05) is 42.3 Å². The number of methoxy groups -OCH3 is 1. The van der Waals surface area contributed by atoms with Crippen LogP contribution in [0.25, 0.3) is 10.9 Å². The second kappa shape index (κ2) is 9.64. The van der Waals surface area contributed by atoms with Gasteiger partial charge in [-0.3, -0.25) is 19.4 Å². The Bertz CT molecular complexity index is 1490. The Labute approximate surface area is 223 Å². The number of benzene rings is 2. The molecule has 0 bridgehead atoms. The van der Waals surface area contributed by atoms with E-state index in [9.17, 15) is 19.5 Å². The second-order valence-electron chi connectivity index (χ2n) is 10.0. The number of likely N-dealkylation sites (tertiary alicyclic amines) is 1. The molecule has 0 aliphatic carbocycles. The highest BCUT2D eigenvalue weighted by molar-refractivity contribution is 8.00. The zero-order valence-electron chi connectivity index (χ0n) is 20.9. The monoisotopic (exact) mass is 536 g/mol. The van der Waals surface area contributed by atoms with Crippen LogP contribution in [0.4, 0.5) is 16.2 Å². The third-order valence-corrected chi connectivity index (χ3v) is 8.38. The maximum absolute atomic E-state index is 12.7. The van der Waals surface area contributed by atoms with Crippen LogP contribution < -0.4 is 20.5 Å². The number of ether oxygens (including phenoxy) is 2. The lowest BCUT2D eigenvalue weighted by molar-refractivity contribution is -0.113. The van der Waals surface area contributed by atoms with Crippen molar-refractivity contribution in [1.82, 2.24) is 9.47 Å². The van der Waals surface area contributed by atoms with Crippen LogP contribution in [0.2, 0.25) is 0 Å². The molecule has 10 nitrogen and oxygen atoms in total. The normalized spacial score (nSPS) is 23.4. The topological polar surface area (TPSA) is 113 Å². The summed E-state index contributed by atoms with van der Waals surface area (Å²) in [5.74, 6) is 0.962. The minimum atomic E-state index is -1.10. The molecule has 3 aliphatic heterocycles. The second-order valence-corrected chi connectivity index (χ2v) is 11.0. The quantitative estimate of drug-likeness (QED) is 0.494. The molecule has 0 spiro atoms. The first kappa shape index (κ1) is 24.8. The molecule has 2 amide bonds. The fourth-order valence-electron chi connectivity index (χ4n) is 5.43. The number of hydrogen-bond donors (Lipinski definition) is 2. The van der Waals surface area contributed by atoms with Crippen LogP contribution in [0, 0.1) is 0 Å². The van der Waals surface area contributed by atoms with Gasteiger partial charge in [-0.25, -0.2) is 4.79 Å². The van der Waals surface area contributed by atoms with E-state index in [2.05, 4.69) is 10.2 Å². The number of fused-ring (bicyclic) bond motifs is 2. The molecule has 3 aromatic rings. The maximum atomic E-state index is 12.7. The Kier molecular flexibility index (Phi) is 6.29. The summed E-state index contributed by atoms with van der Waals surface area (Å²) in [7, 11) is 1.58. The van der Waals surface area contributed by atoms with Crippen LogP contribution in [0.5, 0.6) is 5.75 Å². The van der Waals surface area contributed by atoms with Crippen molar-refractivity contribution in [2.45, 2.75) is 29.6 Å². The number of amides is 2. The van der Waals surface area contributed by atoms with Gasteiger partial charge in [0.1, 0.15) is 11.9 Å². The summed E-state index contributed by atoms with van der Waals surface area (Å²) in [5.41, 5.74) is 0.799. The van der Waals surface area contributed by atoms with E-state index < -0.39 is 11.7 Å². The number of thioether (sulfide) groups is 1. The number of nitrogens with one attached hydrogen (secondary N) is 1. The molecular weight excluding hydrogens is 508 g/mol. The van der Waals surface area contributed by atoms with E-state index in [1.54, 1.807) is 28.7 Å². The molecule has 2 atom stereocenters. The van der Waals surface area contributed by atoms with Gasteiger partial charge >= 0.3 is 6.09 Å². The SMILES string of the molecule is COc1ccc2ccc(=O)n(CC3(O)CCN(C[C@H]4CN(c5ccc6c(c5)NC(=O)CS6)C(=O)O4)C3)c2c1. The summed E-state index contributed by atoms with van der Waals surface area (Å²) in [6, 6.07) is 14.4. The van der Waals surface area contributed by atoms with Gasteiger partial charge in [0.15, 0.2) is 0 Å². The van der Waals surface area contributed by atoms with Gasteiger partial charge in [-0.15, -0.1) is 11.8 Å². The summed E-state index contributed by atoms with van der Waals surface area (Å²) in [6.45, 7) is 1.98. The third kappa shape index (κ3) is 4.72. The molecule has 6 rings (SSSR count). The summed E-state index contributed by atoms with van der Waals surface area (Å²) >= 11 is 1.47. The van der Waals surface area contributed by atoms with E-state index in [0.717, 1.165) is 10.3 Å². The molecule has 1 unspecified atom stereocenters. The predicted octanol–water partition coefficient (Wildman–Crippen LogP) is 2.52. The fourth-order valence-corrected chi connectivity index (χ4v) is 6.22. The highest BCUT2D eigenvalue weighted by Gasteiger charge is 2.40. The van der Waals surface area contributed by atoms with E-state index >= 15 is 0 Å². The standard InChI is InChI=1S/C27H28N4O6S/c1-36-19-5-2-17-3-7-25(33)31(22(17)11-19)16-27(35)8-9-29(15-27)12-20-13-30(26(34)37-20)18-4-6-23-21(10-18)28-24(32)14-38-23/h2-7,10-11,20,35H,8-9,12-16H2,1H3,(H,28,32)/t20-,27?/m0/s1. The lowest BCUT2D eigenvalue weighted by Crippen LogP contribution is -2.42. The summed E-state index contributed by atoms with van der Waals surface area (Å²) < 4.78 is 12.6. The number of carbonyl (C=O) groups excluding carboxylic acids is 2. The highest BCUT2D eigenvalue weighted by Crippen LogP contribution is 2.36. The predicted molar refractivity (Wildman–Crippen MR) is 144 cm³/mol. The maximum Gasteiger partial charge on any atom is 0.414 e. The average molecular weight is 537 g/mol. The Morgan fingerprint density at radius 1 is 1.16 bits per heavy atom. The van der Waals surface area contributed by atoms with E-state index in [1.165, 1.54) is 17.8 Å². The number of aliphatic hydroxyl groups is 1. The molecule has 11 heteroatoms. The van der Waals surface area contributed by atoms with Gasteiger partial charge in [-0.1, -0.05) is 0 Å². The van der Waals surface area contributed by atoms with Crippen molar-refractivity contribution < 1.29 is 24.2 Å². The molecule has 3 aliphatic rings. The molecule has 2 saturated heterocycles. The number of cyclic esters (lactones) is 1. The third-order valence-electron chi connectivity index (χ3n) is 7.31. The van der Waals surface area contributed by atoms with Gasteiger partial charge in [0.2, 0.25) is 5.91 Å². The lowest BCUT2D eigenvalue weighted by Gasteiger charge is -2.26. The largest absolute Gasteiger partial charge is 0.497 e. The highest BCUT2D eigenvalue weighted by atomic mass is 32.2. The number of carbonyl (C=O) groups is 2. The molecule has 2 aromatic carbocycles. The van der Waals surface area contributed by atoms with Gasteiger partial charge < -0.3 is 24.5 Å². The van der Waals surface area contributed by atoms with E-state index in [4.69, 9.17) is 9.47 Å². The number of aromatic nitrogens is 1. The lowest BCUT2D eigenvalue weighted by atomic mass is 10.0. The van der Waals surface area contributed by atoms with Crippen LogP contribution in [0.15, 0.2) is 58.2 Å². The van der Waals surface area contributed by atoms with Crippen molar-refractivity contribution in [3.63, 3.8) is 0 Å². The van der Waals surface area contributed by atoms with E-state index in [-0.39, 0.29) is 24.1 Å². The van der Waals surface area contributed by atoms with Crippen molar-refractivity contribution >= 4 is 46.0 Å². The van der Waals surface area contributed by atoms with Crippen LogP contribution >= 0.6 is 11.8 Å². The first-order valence-electron chi connectivity index (χ1n) is 12.5. The molecule has 0 saturated carbocycles. The van der Waals surface area contributed by atoms with Crippen LogP contribution in [0.1, 0.15) is 6.42 Å². The Morgan fingerprint density at radius 2 is 2.00 bits per heavy atom. The zero-order valence-corrected chi connectivity index (χ0v) is 21.7. The van der Waals surface area contributed by atoms with Gasteiger partial charge in [-0.2, -0.15) is 0 Å². The summed E-state index contributed by atoms with van der Waals surface area (Å²) in [4.78, 5) is 41.8. The average Bonchev–Trinajstić information content (AvgIpc) is 3.46. The minimum Gasteiger partial charge on any atom is -0.497 e. The number of β-amino-alcohol motifs (C(OH)–C–C–N with tert-alkyl or cyclic N) is 1. The van der Waals surface area contributed by atoms with Crippen molar-refractivity contribution in [3.8, 4) is 5.75 Å². The number of nitrogens with zero attached hydrogens (tertiary/aromatic N) is 3. The van der Waals surface area contributed by atoms with E-state index in [1.807, 2.05) is 30.3 Å². The van der Waals surface area contributed by atoms with Crippen molar-refractivity contribution in [2.75, 3.05) is 49.3 Å². The number of pyridine rings is 1. The molecule has 1 aromatic heterocycles. The van der Waals surface area contributed by atoms with Crippen molar-refractivity contribution in [2.24, 2.45) is 0 Å². The molecular formula is C27H28N4O6S. The smallest absolute Gasteiger partial charge is 0.414 e. The summed E-state index contributed by atoms with van der Waals surface area (Å²) in [5, 5.41) is 15.2. The van der Waals surface area contributed by atoms with E-state index in [0.29, 0.717) is 61.0 Å². The number of hydrogen-bond acceptors (Lipinski definition) is 8. The minimum absolute atomic E-state index is 0.0621. The van der Waals surface area contributed by atoms with Gasteiger partial charge in [-0.05, 0) is 48.2 Å². The molecule has 38 heavy (non-hydrogen) atoms. The van der Waals surface area contributed by atoms with Crippen molar-refractivity contribution in [3.05, 3.63) is 58.9 Å². The van der Waals surface area contributed by atoms with Crippen LogP contribution in [-0.4, -0.2) is 77.3 Å². The molecule has 198 valence electrons. The first-order chi connectivity index (χ1) is 18.3. The Hall–Kier alpha value is -3.54. The van der Waals surface area contributed by atoms with Gasteiger partial charge in [0.05, 0.1) is 42.8 Å². The summed E-state index contributed by atoms with van der Waals surface area (Å²) in [6.07, 6.45) is -0.309. The molecule has 0 radical (unpaired) electrons. The Morgan fingerprint density at radius 3 is 2.84 bits per heavy atom.